The fourth-order valence-electron chi connectivity index (χ4n) is 2.35. The van der Waals surface area contributed by atoms with E-state index in [0.717, 1.165) is 6.20 Å². The van der Waals surface area contributed by atoms with Crippen molar-refractivity contribution in [2.24, 2.45) is 4.99 Å². The molecule has 7 nitrogen and oxygen atoms in total. The Morgan fingerprint density at radius 2 is 2.04 bits per heavy atom. The smallest absolute Gasteiger partial charge is 0.425 e. The SMILES string of the molecule is COC(=O)NNC1=NC(c2cncc(F)c2)CC1O[Si](C)(C)C(C)(C)C. The molecule has 1 aliphatic rings. The zero-order chi connectivity index (χ0) is 19.5. The molecule has 2 heterocycles. The number of amidine groups is 1. The number of halogens is 1. The Hall–Kier alpha value is -2.00. The number of carbonyl (C=O) groups excluding carboxylic acids is 1. The standard InChI is InChI=1S/C17H27FN4O3Si/c1-17(2,3)26(5,6)25-14-8-13(11-7-12(18)10-19-9-11)20-15(14)21-22-16(23)24-4/h7,9-10,13-14H,8H2,1-6H3,(H,20,21)(H,22,23). The Balaban J connectivity index is 2.22. The summed E-state index contributed by atoms with van der Waals surface area (Å²) in [7, 11) is -0.796. The number of hydrogen-bond acceptors (Lipinski definition) is 6. The van der Waals surface area contributed by atoms with E-state index in [0.29, 0.717) is 17.8 Å². The van der Waals surface area contributed by atoms with E-state index in [9.17, 15) is 9.18 Å². The second-order valence-electron chi connectivity index (χ2n) is 7.81. The summed E-state index contributed by atoms with van der Waals surface area (Å²) in [5.74, 6) is 0.0862. The summed E-state index contributed by atoms with van der Waals surface area (Å²) in [6, 6.07) is 1.12. The van der Waals surface area contributed by atoms with E-state index < -0.39 is 20.2 Å². The largest absolute Gasteiger partial charge is 0.452 e. The molecule has 0 aromatic carbocycles. The van der Waals surface area contributed by atoms with Gasteiger partial charge in [0.05, 0.1) is 19.3 Å². The second-order valence-corrected chi connectivity index (χ2v) is 12.6. The third-order valence-corrected chi connectivity index (χ3v) is 9.36. The first kappa shape index (κ1) is 20.3. The van der Waals surface area contributed by atoms with Gasteiger partial charge in [0.1, 0.15) is 17.8 Å². The predicted molar refractivity (Wildman–Crippen MR) is 99.7 cm³/mol. The number of aliphatic imine (C=N–C) groups is 1. The molecule has 0 spiro atoms. The van der Waals surface area contributed by atoms with Crippen LogP contribution >= 0.6 is 0 Å². The molecule has 2 unspecified atom stereocenters. The highest BCUT2D eigenvalue weighted by atomic mass is 28.4. The Bertz CT molecular complexity index is 691. The molecule has 1 aromatic heterocycles. The molecule has 2 atom stereocenters. The summed E-state index contributed by atoms with van der Waals surface area (Å²) in [6.07, 6.45) is 2.33. The lowest BCUT2D eigenvalue weighted by Crippen LogP contribution is -2.51. The van der Waals surface area contributed by atoms with Crippen LogP contribution in [-0.4, -0.2) is 38.4 Å². The molecule has 0 bridgehead atoms. The van der Waals surface area contributed by atoms with Crippen molar-refractivity contribution in [1.82, 2.24) is 15.8 Å². The van der Waals surface area contributed by atoms with Crippen LogP contribution in [0.2, 0.25) is 18.1 Å². The summed E-state index contributed by atoms with van der Waals surface area (Å²) in [5.41, 5.74) is 5.87. The molecule has 144 valence electrons. The molecule has 2 rings (SSSR count). The number of amides is 1. The van der Waals surface area contributed by atoms with E-state index in [4.69, 9.17) is 4.43 Å². The lowest BCUT2D eigenvalue weighted by atomic mass is 10.1. The van der Waals surface area contributed by atoms with Gasteiger partial charge in [-0.15, -0.1) is 0 Å². The monoisotopic (exact) mass is 382 g/mol. The first-order chi connectivity index (χ1) is 12.0. The average molecular weight is 383 g/mol. The highest BCUT2D eigenvalue weighted by molar-refractivity contribution is 6.74. The quantitative estimate of drug-likeness (QED) is 0.619. The van der Waals surface area contributed by atoms with Gasteiger partial charge in [0.25, 0.3) is 0 Å². The van der Waals surface area contributed by atoms with Crippen molar-refractivity contribution in [2.75, 3.05) is 7.11 Å². The Labute approximate surface area is 154 Å². The van der Waals surface area contributed by atoms with Gasteiger partial charge in [0.15, 0.2) is 8.32 Å². The minimum atomic E-state index is -2.07. The Morgan fingerprint density at radius 1 is 1.35 bits per heavy atom. The lowest BCUT2D eigenvalue weighted by molar-refractivity contribution is 0.168. The summed E-state index contributed by atoms with van der Waals surface area (Å²) < 4.78 is 24.5. The number of ether oxygens (including phenoxy) is 1. The van der Waals surface area contributed by atoms with E-state index in [-0.39, 0.29) is 17.2 Å². The van der Waals surface area contributed by atoms with Crippen molar-refractivity contribution >= 4 is 20.2 Å². The molecule has 1 amide bonds. The fourth-order valence-corrected chi connectivity index (χ4v) is 3.63. The maximum absolute atomic E-state index is 13.5. The van der Waals surface area contributed by atoms with Gasteiger partial charge in [-0.1, -0.05) is 20.8 Å². The normalized spacial score (nSPS) is 20.5. The van der Waals surface area contributed by atoms with Crippen LogP contribution in [0.5, 0.6) is 0 Å². The number of nitrogens with one attached hydrogen (secondary N) is 2. The van der Waals surface area contributed by atoms with E-state index in [1.165, 1.54) is 13.2 Å². The third-order valence-electron chi connectivity index (χ3n) is 4.87. The molecule has 1 aromatic rings. The van der Waals surface area contributed by atoms with Crippen LogP contribution in [0.1, 0.15) is 38.8 Å². The van der Waals surface area contributed by atoms with Crippen LogP contribution in [0.4, 0.5) is 9.18 Å². The van der Waals surface area contributed by atoms with Crippen LogP contribution in [0.3, 0.4) is 0 Å². The van der Waals surface area contributed by atoms with Crippen molar-refractivity contribution in [1.29, 1.82) is 0 Å². The predicted octanol–water partition coefficient (Wildman–Crippen LogP) is 3.32. The number of carbonyl (C=O) groups is 1. The number of aromatic nitrogens is 1. The van der Waals surface area contributed by atoms with Gasteiger partial charge in [-0.05, 0) is 29.8 Å². The van der Waals surface area contributed by atoms with Crippen LogP contribution in [0.15, 0.2) is 23.5 Å². The van der Waals surface area contributed by atoms with Gasteiger partial charge < -0.3 is 9.16 Å². The Kier molecular flexibility index (Phi) is 6.02. The van der Waals surface area contributed by atoms with E-state index >= 15 is 0 Å². The van der Waals surface area contributed by atoms with Crippen LogP contribution in [0.25, 0.3) is 0 Å². The summed E-state index contributed by atoms with van der Waals surface area (Å²) in [5, 5.41) is 0.0202. The van der Waals surface area contributed by atoms with E-state index in [1.54, 1.807) is 6.20 Å². The van der Waals surface area contributed by atoms with E-state index in [1.807, 2.05) is 0 Å². The maximum Gasteiger partial charge on any atom is 0.425 e. The topological polar surface area (TPSA) is 84.8 Å². The van der Waals surface area contributed by atoms with Crippen molar-refractivity contribution in [3.63, 3.8) is 0 Å². The highest BCUT2D eigenvalue weighted by Crippen LogP contribution is 2.40. The number of rotatable bonds is 3. The average Bonchev–Trinajstić information content (AvgIpc) is 2.93. The highest BCUT2D eigenvalue weighted by Gasteiger charge is 2.42. The van der Waals surface area contributed by atoms with Crippen molar-refractivity contribution in [3.8, 4) is 0 Å². The van der Waals surface area contributed by atoms with Crippen molar-refractivity contribution < 1.29 is 18.3 Å². The first-order valence-corrected chi connectivity index (χ1v) is 11.4. The van der Waals surface area contributed by atoms with Gasteiger partial charge >= 0.3 is 6.09 Å². The third kappa shape index (κ3) is 4.79. The number of pyridine rings is 1. The maximum atomic E-state index is 13.5. The number of hydrogen-bond donors (Lipinski definition) is 2. The molecule has 9 heteroatoms. The molecule has 0 radical (unpaired) electrons. The lowest BCUT2D eigenvalue weighted by Gasteiger charge is -2.38. The van der Waals surface area contributed by atoms with Crippen LogP contribution in [0, 0.1) is 5.82 Å². The summed E-state index contributed by atoms with van der Waals surface area (Å²) in [4.78, 5) is 19.8. The molecule has 26 heavy (non-hydrogen) atoms. The number of nitrogens with zero attached hydrogens (tertiary/aromatic N) is 2. The zero-order valence-corrected chi connectivity index (χ0v) is 17.1. The molecule has 0 fully saturated rings. The zero-order valence-electron chi connectivity index (χ0n) is 16.1. The number of methoxy groups -OCH3 is 1. The molecular weight excluding hydrogens is 355 g/mol. The van der Waals surface area contributed by atoms with Crippen molar-refractivity contribution in [2.45, 2.75) is 57.5 Å². The molecule has 0 aliphatic carbocycles. The van der Waals surface area contributed by atoms with Gasteiger partial charge in [-0.3, -0.25) is 15.4 Å². The molecule has 1 aliphatic heterocycles. The Morgan fingerprint density at radius 3 is 2.62 bits per heavy atom. The van der Waals surface area contributed by atoms with Gasteiger partial charge in [0, 0.05) is 12.6 Å². The molecular formula is C17H27FN4O3Si. The van der Waals surface area contributed by atoms with Crippen molar-refractivity contribution in [3.05, 3.63) is 29.8 Å². The van der Waals surface area contributed by atoms with Gasteiger partial charge in [0.2, 0.25) is 0 Å². The minimum absolute atomic E-state index is 0.0202. The van der Waals surface area contributed by atoms with Crippen LogP contribution < -0.4 is 10.9 Å². The number of hydrazine groups is 1. The second kappa shape index (κ2) is 7.71. The molecule has 2 N–H and O–H groups in total. The summed E-state index contributed by atoms with van der Waals surface area (Å²) >= 11 is 0. The molecule has 0 saturated heterocycles. The van der Waals surface area contributed by atoms with E-state index in [2.05, 4.69) is 59.4 Å². The summed E-state index contributed by atoms with van der Waals surface area (Å²) in [6.45, 7) is 10.8. The first-order valence-electron chi connectivity index (χ1n) is 8.49. The van der Waals surface area contributed by atoms with Crippen LogP contribution in [-0.2, 0) is 9.16 Å². The minimum Gasteiger partial charge on any atom is -0.452 e. The fraction of sp³-hybridized carbons (Fsp3) is 0.588. The van der Waals surface area contributed by atoms with Gasteiger partial charge in [-0.2, -0.15) is 0 Å². The molecule has 0 saturated carbocycles. The van der Waals surface area contributed by atoms with Gasteiger partial charge in [-0.25, -0.2) is 14.6 Å².